The highest BCUT2D eigenvalue weighted by atomic mass is 32.1. The van der Waals surface area contributed by atoms with E-state index >= 15 is 0 Å². The summed E-state index contributed by atoms with van der Waals surface area (Å²) in [4.78, 5) is 18.3. The number of thiazole rings is 1. The van der Waals surface area contributed by atoms with Crippen LogP contribution in [0.4, 0.5) is 0 Å². The molecule has 1 fully saturated rings. The number of aromatic nitrogens is 1. The molecule has 1 aromatic heterocycles. The average Bonchev–Trinajstić information content (AvgIpc) is 2.86. The zero-order valence-electron chi connectivity index (χ0n) is 10.6. The van der Waals surface area contributed by atoms with E-state index in [2.05, 4.69) is 4.98 Å². The number of methoxy groups -OCH3 is 1. The van der Waals surface area contributed by atoms with Crippen LogP contribution in [0.1, 0.15) is 16.9 Å². The molecule has 1 saturated heterocycles. The molecule has 0 radical (unpaired) electrons. The first kappa shape index (κ1) is 12.2. The van der Waals surface area contributed by atoms with E-state index in [0.717, 1.165) is 35.8 Å². The fourth-order valence-electron chi connectivity index (χ4n) is 1.92. The second-order valence-corrected chi connectivity index (χ2v) is 5.27. The van der Waals surface area contributed by atoms with E-state index in [9.17, 15) is 4.79 Å². The number of nitrogens with zero attached hydrogens (tertiary/aromatic N) is 2. The lowest BCUT2D eigenvalue weighted by molar-refractivity contribution is 0.0646. The predicted octanol–water partition coefficient (Wildman–Crippen LogP) is 2.66. The summed E-state index contributed by atoms with van der Waals surface area (Å²) in [6.45, 7) is 1.71. The number of ether oxygens (including phenoxy) is 1. The SMILES string of the molecule is COc1ccc(-c2nc(C(=O)N3CCC3)cs2)cc1. The molecule has 1 aliphatic rings. The van der Waals surface area contributed by atoms with Crippen molar-refractivity contribution in [1.82, 2.24) is 9.88 Å². The van der Waals surface area contributed by atoms with Crippen LogP contribution in [-0.4, -0.2) is 36.0 Å². The molecule has 2 aromatic rings. The monoisotopic (exact) mass is 274 g/mol. The van der Waals surface area contributed by atoms with Crippen molar-refractivity contribution >= 4 is 17.2 Å². The average molecular weight is 274 g/mol. The van der Waals surface area contributed by atoms with Gasteiger partial charge in [0.2, 0.25) is 0 Å². The summed E-state index contributed by atoms with van der Waals surface area (Å²) in [6, 6.07) is 7.70. The molecule has 5 heteroatoms. The van der Waals surface area contributed by atoms with Crippen molar-refractivity contribution in [2.75, 3.05) is 20.2 Å². The third-order valence-corrected chi connectivity index (χ3v) is 4.09. The first-order chi connectivity index (χ1) is 9.28. The fraction of sp³-hybridized carbons (Fsp3) is 0.286. The Hall–Kier alpha value is -1.88. The van der Waals surface area contributed by atoms with Crippen molar-refractivity contribution in [3.05, 3.63) is 35.3 Å². The summed E-state index contributed by atoms with van der Waals surface area (Å²) < 4.78 is 5.12. The smallest absolute Gasteiger partial charge is 0.273 e. The van der Waals surface area contributed by atoms with Crippen LogP contribution >= 0.6 is 11.3 Å². The standard InChI is InChI=1S/C14H14N2O2S/c1-18-11-5-3-10(4-6-11)13-15-12(9-19-13)14(17)16-7-2-8-16/h3-6,9H,2,7-8H2,1H3. The molecule has 3 rings (SSSR count). The lowest BCUT2D eigenvalue weighted by Gasteiger charge is -2.30. The maximum atomic E-state index is 12.0. The van der Waals surface area contributed by atoms with Gasteiger partial charge in [-0.15, -0.1) is 11.3 Å². The molecule has 1 amide bonds. The Labute approximate surface area is 115 Å². The van der Waals surface area contributed by atoms with Crippen molar-refractivity contribution in [2.24, 2.45) is 0 Å². The summed E-state index contributed by atoms with van der Waals surface area (Å²) >= 11 is 1.50. The highest BCUT2D eigenvalue weighted by Gasteiger charge is 2.23. The van der Waals surface area contributed by atoms with Gasteiger partial charge in [0, 0.05) is 24.0 Å². The molecule has 2 heterocycles. The molecule has 1 aliphatic heterocycles. The molecule has 0 spiro atoms. The number of likely N-dealkylation sites (tertiary alicyclic amines) is 1. The van der Waals surface area contributed by atoms with Crippen molar-refractivity contribution in [2.45, 2.75) is 6.42 Å². The van der Waals surface area contributed by atoms with Crippen LogP contribution < -0.4 is 4.74 Å². The zero-order chi connectivity index (χ0) is 13.2. The van der Waals surface area contributed by atoms with E-state index < -0.39 is 0 Å². The Morgan fingerprint density at radius 1 is 1.32 bits per heavy atom. The highest BCUT2D eigenvalue weighted by molar-refractivity contribution is 7.13. The van der Waals surface area contributed by atoms with Gasteiger partial charge in [-0.1, -0.05) is 0 Å². The van der Waals surface area contributed by atoms with Crippen molar-refractivity contribution in [1.29, 1.82) is 0 Å². The first-order valence-electron chi connectivity index (χ1n) is 6.17. The fourth-order valence-corrected chi connectivity index (χ4v) is 2.72. The molecule has 1 aromatic carbocycles. The van der Waals surface area contributed by atoms with E-state index in [4.69, 9.17) is 4.74 Å². The van der Waals surface area contributed by atoms with Gasteiger partial charge in [-0.25, -0.2) is 4.98 Å². The van der Waals surface area contributed by atoms with Gasteiger partial charge in [-0.3, -0.25) is 4.79 Å². The molecule has 0 unspecified atom stereocenters. The molecular weight excluding hydrogens is 260 g/mol. The maximum Gasteiger partial charge on any atom is 0.273 e. The molecule has 0 atom stereocenters. The number of carbonyl (C=O) groups is 1. The van der Waals surface area contributed by atoms with Crippen molar-refractivity contribution < 1.29 is 9.53 Å². The summed E-state index contributed by atoms with van der Waals surface area (Å²) in [7, 11) is 1.64. The molecule has 0 aliphatic carbocycles. The third kappa shape index (κ3) is 2.33. The number of hydrogen-bond donors (Lipinski definition) is 0. The van der Waals surface area contributed by atoms with E-state index in [0.29, 0.717) is 5.69 Å². The molecule has 4 nitrogen and oxygen atoms in total. The Kier molecular flexibility index (Phi) is 3.21. The second-order valence-electron chi connectivity index (χ2n) is 4.41. The normalized spacial score (nSPS) is 14.1. The Balaban J connectivity index is 1.81. The summed E-state index contributed by atoms with van der Waals surface area (Å²) in [6.07, 6.45) is 1.10. The van der Waals surface area contributed by atoms with Crippen LogP contribution in [-0.2, 0) is 0 Å². The number of benzene rings is 1. The van der Waals surface area contributed by atoms with Crippen molar-refractivity contribution in [3.8, 4) is 16.3 Å². The topological polar surface area (TPSA) is 42.4 Å². The van der Waals surface area contributed by atoms with Crippen LogP contribution in [0.15, 0.2) is 29.6 Å². The van der Waals surface area contributed by atoms with Gasteiger partial charge >= 0.3 is 0 Å². The minimum Gasteiger partial charge on any atom is -0.497 e. The summed E-state index contributed by atoms with van der Waals surface area (Å²) in [5.41, 5.74) is 1.56. The maximum absolute atomic E-state index is 12.0. The van der Waals surface area contributed by atoms with Crippen molar-refractivity contribution in [3.63, 3.8) is 0 Å². The number of carbonyl (C=O) groups excluding carboxylic acids is 1. The van der Waals surface area contributed by atoms with Gasteiger partial charge in [0.25, 0.3) is 5.91 Å². The molecular formula is C14H14N2O2S. The van der Waals surface area contributed by atoms with Crippen LogP contribution in [0.2, 0.25) is 0 Å². The van der Waals surface area contributed by atoms with Gasteiger partial charge in [-0.2, -0.15) is 0 Å². The van der Waals surface area contributed by atoms with Crippen LogP contribution in [0.5, 0.6) is 5.75 Å². The molecule has 19 heavy (non-hydrogen) atoms. The van der Waals surface area contributed by atoms with Gasteiger partial charge in [0.15, 0.2) is 0 Å². The van der Waals surface area contributed by atoms with Crippen LogP contribution in [0, 0.1) is 0 Å². The van der Waals surface area contributed by atoms with Gasteiger partial charge in [-0.05, 0) is 30.7 Å². The predicted molar refractivity (Wildman–Crippen MR) is 74.6 cm³/mol. The number of hydrogen-bond acceptors (Lipinski definition) is 4. The van der Waals surface area contributed by atoms with E-state index in [1.54, 1.807) is 7.11 Å². The minimum absolute atomic E-state index is 0.0438. The van der Waals surface area contributed by atoms with Crippen LogP contribution in [0.3, 0.4) is 0 Å². The third-order valence-electron chi connectivity index (χ3n) is 3.20. The van der Waals surface area contributed by atoms with Crippen LogP contribution in [0.25, 0.3) is 10.6 Å². The number of amides is 1. The summed E-state index contributed by atoms with van der Waals surface area (Å²) in [5, 5.41) is 2.70. The Morgan fingerprint density at radius 2 is 2.05 bits per heavy atom. The summed E-state index contributed by atoms with van der Waals surface area (Å²) in [5.74, 6) is 0.861. The Morgan fingerprint density at radius 3 is 2.63 bits per heavy atom. The number of rotatable bonds is 3. The van der Waals surface area contributed by atoms with E-state index in [-0.39, 0.29) is 5.91 Å². The molecule has 98 valence electrons. The Bertz CT molecular complexity index is 588. The second kappa shape index (κ2) is 5.01. The molecule has 0 bridgehead atoms. The lowest BCUT2D eigenvalue weighted by Crippen LogP contribution is -2.42. The zero-order valence-corrected chi connectivity index (χ0v) is 11.4. The van der Waals surface area contributed by atoms with Gasteiger partial charge in [0.05, 0.1) is 7.11 Å². The minimum atomic E-state index is 0.0438. The lowest BCUT2D eigenvalue weighted by atomic mass is 10.2. The van der Waals surface area contributed by atoms with E-state index in [1.165, 1.54) is 11.3 Å². The molecule has 0 saturated carbocycles. The highest BCUT2D eigenvalue weighted by Crippen LogP contribution is 2.26. The van der Waals surface area contributed by atoms with Gasteiger partial charge in [0.1, 0.15) is 16.5 Å². The quantitative estimate of drug-likeness (QED) is 0.864. The molecule has 0 N–H and O–H groups in total. The van der Waals surface area contributed by atoms with E-state index in [1.807, 2.05) is 34.5 Å². The first-order valence-corrected chi connectivity index (χ1v) is 7.05. The van der Waals surface area contributed by atoms with Gasteiger partial charge < -0.3 is 9.64 Å². The largest absolute Gasteiger partial charge is 0.497 e.